The fourth-order valence-electron chi connectivity index (χ4n) is 1.75. The van der Waals surface area contributed by atoms with Crippen LogP contribution in [0, 0.1) is 0 Å². The van der Waals surface area contributed by atoms with Crippen molar-refractivity contribution in [3.8, 4) is 0 Å². The van der Waals surface area contributed by atoms with E-state index in [1.165, 1.54) is 7.11 Å². The van der Waals surface area contributed by atoms with Crippen LogP contribution in [0.15, 0.2) is 18.5 Å². The Balaban J connectivity index is 2.27. The number of carbonyl (C=O) groups excluding carboxylic acids is 1. The summed E-state index contributed by atoms with van der Waals surface area (Å²) in [5, 5.41) is 0. The molecule has 80 valence electrons. The Labute approximate surface area is 87.5 Å². The Morgan fingerprint density at radius 2 is 2.27 bits per heavy atom. The third-order valence-electron chi connectivity index (χ3n) is 2.59. The summed E-state index contributed by atoms with van der Waals surface area (Å²) < 4.78 is 6.41. The summed E-state index contributed by atoms with van der Waals surface area (Å²) in [6.07, 6.45) is 7.66. The molecule has 15 heavy (non-hydrogen) atoms. The maximum absolute atomic E-state index is 11.3. The molecule has 0 spiro atoms. The molecule has 0 bridgehead atoms. The summed E-state index contributed by atoms with van der Waals surface area (Å²) in [4.78, 5) is 15.2. The SMILES string of the molecule is COC(=O)c1ncn(C2CC=CC2)c1N. The second-order valence-corrected chi connectivity index (χ2v) is 3.47. The fraction of sp³-hybridized carbons (Fsp3) is 0.400. The van der Waals surface area contributed by atoms with Crippen LogP contribution in [0.2, 0.25) is 0 Å². The number of esters is 1. The minimum atomic E-state index is -0.489. The first kappa shape index (κ1) is 9.76. The van der Waals surface area contributed by atoms with E-state index in [0.29, 0.717) is 5.82 Å². The molecule has 0 unspecified atom stereocenters. The van der Waals surface area contributed by atoms with Crippen LogP contribution < -0.4 is 5.73 Å². The molecule has 0 radical (unpaired) electrons. The van der Waals surface area contributed by atoms with Gasteiger partial charge in [-0.3, -0.25) is 0 Å². The summed E-state index contributed by atoms with van der Waals surface area (Å²) in [6.45, 7) is 0. The van der Waals surface area contributed by atoms with Gasteiger partial charge in [0.1, 0.15) is 5.82 Å². The number of hydrogen-bond acceptors (Lipinski definition) is 4. The predicted molar refractivity (Wildman–Crippen MR) is 55.4 cm³/mol. The number of ether oxygens (including phenoxy) is 1. The van der Waals surface area contributed by atoms with Gasteiger partial charge >= 0.3 is 5.97 Å². The third kappa shape index (κ3) is 1.60. The van der Waals surface area contributed by atoms with E-state index in [9.17, 15) is 4.79 Å². The molecule has 0 saturated heterocycles. The lowest BCUT2D eigenvalue weighted by Gasteiger charge is -2.12. The van der Waals surface area contributed by atoms with Crippen molar-refractivity contribution in [2.45, 2.75) is 18.9 Å². The van der Waals surface area contributed by atoms with Gasteiger partial charge in [-0.25, -0.2) is 9.78 Å². The van der Waals surface area contributed by atoms with Crippen LogP contribution in [0.3, 0.4) is 0 Å². The molecule has 2 N–H and O–H groups in total. The first-order valence-corrected chi connectivity index (χ1v) is 4.79. The van der Waals surface area contributed by atoms with Crippen LogP contribution in [0.5, 0.6) is 0 Å². The second-order valence-electron chi connectivity index (χ2n) is 3.47. The topological polar surface area (TPSA) is 70.1 Å². The van der Waals surface area contributed by atoms with Gasteiger partial charge in [0.15, 0.2) is 5.69 Å². The summed E-state index contributed by atoms with van der Waals surface area (Å²) in [5.41, 5.74) is 6.03. The maximum atomic E-state index is 11.3. The zero-order valence-corrected chi connectivity index (χ0v) is 8.51. The van der Waals surface area contributed by atoms with Crippen molar-refractivity contribution in [2.75, 3.05) is 12.8 Å². The van der Waals surface area contributed by atoms with Gasteiger partial charge in [-0.05, 0) is 12.8 Å². The molecule has 1 aromatic heterocycles. The lowest BCUT2D eigenvalue weighted by atomic mass is 10.2. The van der Waals surface area contributed by atoms with E-state index in [0.717, 1.165) is 12.8 Å². The number of nitrogens with two attached hydrogens (primary N) is 1. The van der Waals surface area contributed by atoms with Gasteiger partial charge < -0.3 is 15.0 Å². The van der Waals surface area contributed by atoms with E-state index in [4.69, 9.17) is 5.73 Å². The molecule has 5 heteroatoms. The van der Waals surface area contributed by atoms with Crippen molar-refractivity contribution in [3.05, 3.63) is 24.2 Å². The minimum Gasteiger partial charge on any atom is -0.464 e. The molecule has 1 heterocycles. The van der Waals surface area contributed by atoms with Crippen molar-refractivity contribution >= 4 is 11.8 Å². The standard InChI is InChI=1S/C10H13N3O2/c1-15-10(14)8-9(11)13(6-12-8)7-4-2-3-5-7/h2-3,6-7H,4-5,11H2,1H3. The number of nitrogens with zero attached hydrogens (tertiary/aromatic N) is 2. The zero-order chi connectivity index (χ0) is 10.8. The van der Waals surface area contributed by atoms with Gasteiger partial charge in [-0.15, -0.1) is 0 Å². The molecule has 2 rings (SSSR count). The normalized spacial score (nSPS) is 15.8. The third-order valence-corrected chi connectivity index (χ3v) is 2.59. The Bertz CT molecular complexity index is 401. The van der Waals surface area contributed by atoms with Crippen LogP contribution in [0.25, 0.3) is 0 Å². The largest absolute Gasteiger partial charge is 0.464 e. The van der Waals surface area contributed by atoms with E-state index in [1.54, 1.807) is 6.33 Å². The number of anilines is 1. The van der Waals surface area contributed by atoms with E-state index in [2.05, 4.69) is 21.9 Å². The van der Waals surface area contributed by atoms with E-state index >= 15 is 0 Å². The van der Waals surface area contributed by atoms with Crippen LogP contribution in [0.1, 0.15) is 29.4 Å². The lowest BCUT2D eigenvalue weighted by Crippen LogP contribution is -2.11. The average Bonchev–Trinajstić information content (AvgIpc) is 2.85. The van der Waals surface area contributed by atoms with Crippen molar-refractivity contribution in [1.29, 1.82) is 0 Å². The van der Waals surface area contributed by atoms with Crippen molar-refractivity contribution in [1.82, 2.24) is 9.55 Å². The number of methoxy groups -OCH3 is 1. The Morgan fingerprint density at radius 3 is 2.87 bits per heavy atom. The summed E-state index contributed by atoms with van der Waals surface area (Å²) >= 11 is 0. The highest BCUT2D eigenvalue weighted by Gasteiger charge is 2.21. The Kier molecular flexibility index (Phi) is 2.45. The van der Waals surface area contributed by atoms with Gasteiger partial charge in [-0.1, -0.05) is 12.2 Å². The van der Waals surface area contributed by atoms with E-state index < -0.39 is 5.97 Å². The Hall–Kier alpha value is -1.78. The highest BCUT2D eigenvalue weighted by molar-refractivity contribution is 5.92. The van der Waals surface area contributed by atoms with Crippen LogP contribution in [0.4, 0.5) is 5.82 Å². The van der Waals surface area contributed by atoms with Crippen molar-refractivity contribution in [3.63, 3.8) is 0 Å². The maximum Gasteiger partial charge on any atom is 0.360 e. The first-order chi connectivity index (χ1) is 7.24. The number of hydrogen-bond donors (Lipinski definition) is 1. The highest BCUT2D eigenvalue weighted by Crippen LogP contribution is 2.27. The highest BCUT2D eigenvalue weighted by atomic mass is 16.5. The molecule has 1 aliphatic carbocycles. The monoisotopic (exact) mass is 207 g/mol. The van der Waals surface area contributed by atoms with E-state index in [1.807, 2.05) is 4.57 Å². The van der Waals surface area contributed by atoms with Gasteiger partial charge in [0, 0.05) is 6.04 Å². The summed E-state index contributed by atoms with van der Waals surface area (Å²) in [7, 11) is 1.32. The van der Waals surface area contributed by atoms with Crippen molar-refractivity contribution in [2.24, 2.45) is 0 Å². The number of nitrogen functional groups attached to an aromatic ring is 1. The second kappa shape index (κ2) is 3.76. The van der Waals surface area contributed by atoms with E-state index in [-0.39, 0.29) is 11.7 Å². The van der Waals surface area contributed by atoms with Gasteiger partial charge in [-0.2, -0.15) is 0 Å². The van der Waals surface area contributed by atoms with Gasteiger partial charge in [0.2, 0.25) is 0 Å². The summed E-state index contributed by atoms with van der Waals surface area (Å²) in [5.74, 6) is -0.104. The predicted octanol–water partition coefficient (Wildman–Crippen LogP) is 1.14. The van der Waals surface area contributed by atoms with Gasteiger partial charge in [0.05, 0.1) is 13.4 Å². The van der Waals surface area contributed by atoms with Crippen LogP contribution in [-0.2, 0) is 4.74 Å². The number of imidazole rings is 1. The number of rotatable bonds is 2. The van der Waals surface area contributed by atoms with Crippen LogP contribution >= 0.6 is 0 Å². The molecule has 0 saturated carbocycles. The zero-order valence-electron chi connectivity index (χ0n) is 8.51. The fourth-order valence-corrected chi connectivity index (χ4v) is 1.75. The number of allylic oxidation sites excluding steroid dienone is 2. The average molecular weight is 207 g/mol. The minimum absolute atomic E-state index is 0.199. The summed E-state index contributed by atoms with van der Waals surface area (Å²) in [6, 6.07) is 0.288. The molecule has 0 fully saturated rings. The molecular formula is C10H13N3O2. The number of carbonyl (C=O) groups is 1. The molecule has 0 aliphatic heterocycles. The molecular weight excluding hydrogens is 194 g/mol. The quantitative estimate of drug-likeness (QED) is 0.583. The number of aromatic nitrogens is 2. The van der Waals surface area contributed by atoms with Gasteiger partial charge in [0.25, 0.3) is 0 Å². The molecule has 1 aliphatic rings. The smallest absolute Gasteiger partial charge is 0.360 e. The molecule has 1 aromatic rings. The first-order valence-electron chi connectivity index (χ1n) is 4.79. The Morgan fingerprint density at radius 1 is 1.60 bits per heavy atom. The molecule has 0 aromatic carbocycles. The molecule has 5 nitrogen and oxygen atoms in total. The van der Waals surface area contributed by atoms with Crippen LogP contribution in [-0.4, -0.2) is 22.6 Å². The molecule has 0 amide bonds. The lowest BCUT2D eigenvalue weighted by molar-refractivity contribution is 0.0596. The van der Waals surface area contributed by atoms with Crippen molar-refractivity contribution < 1.29 is 9.53 Å². The molecule has 0 atom stereocenters.